The molecule has 1 aromatic carbocycles. The minimum absolute atomic E-state index is 0.197. The number of carbonyl (C=O) groups is 1. The van der Waals surface area contributed by atoms with Gasteiger partial charge in [0.15, 0.2) is 6.10 Å². The van der Waals surface area contributed by atoms with Crippen molar-refractivity contribution in [1.82, 2.24) is 4.90 Å². The van der Waals surface area contributed by atoms with Crippen LogP contribution in [0.5, 0.6) is 0 Å². The number of nitrogens with zero attached hydrogens (tertiary/aromatic N) is 1. The molecule has 2 atom stereocenters. The van der Waals surface area contributed by atoms with Gasteiger partial charge in [-0.15, -0.1) is 0 Å². The molecule has 0 radical (unpaired) electrons. The van der Waals surface area contributed by atoms with E-state index in [9.17, 15) is 9.18 Å². The molecule has 0 unspecified atom stereocenters. The van der Waals surface area contributed by atoms with Crippen LogP contribution in [0.15, 0.2) is 24.3 Å². The monoisotopic (exact) mass is 295 g/mol. The standard InChI is InChI=1S/C16H22FNO3/c1-12(6-7-13-4-3-5-14(17)10-13)18-8-9-21-15(11-18)16(19)20-2/h3-5,10,12,15H,6-9,11H2,1-2H3/t12-,15-/m0/s1. The van der Waals surface area contributed by atoms with Gasteiger partial charge < -0.3 is 9.47 Å². The SMILES string of the molecule is COC(=O)[C@@H]1CN([C@@H](C)CCc2cccc(F)c2)CCO1. The van der Waals surface area contributed by atoms with Crippen LogP contribution in [-0.2, 0) is 20.7 Å². The van der Waals surface area contributed by atoms with Crippen molar-refractivity contribution in [3.8, 4) is 0 Å². The van der Waals surface area contributed by atoms with E-state index in [1.54, 1.807) is 12.1 Å². The van der Waals surface area contributed by atoms with Crippen molar-refractivity contribution in [1.29, 1.82) is 0 Å². The summed E-state index contributed by atoms with van der Waals surface area (Å²) < 4.78 is 23.3. The van der Waals surface area contributed by atoms with Crippen LogP contribution in [0.3, 0.4) is 0 Å². The summed E-state index contributed by atoms with van der Waals surface area (Å²) in [5.41, 5.74) is 1.000. The third-order valence-corrected chi connectivity index (χ3v) is 3.93. The molecule has 1 heterocycles. The molecule has 1 aromatic rings. The molecule has 0 bridgehead atoms. The van der Waals surface area contributed by atoms with E-state index in [-0.39, 0.29) is 11.8 Å². The Morgan fingerprint density at radius 3 is 3.10 bits per heavy atom. The fraction of sp³-hybridized carbons (Fsp3) is 0.562. The van der Waals surface area contributed by atoms with Crippen molar-refractivity contribution in [2.45, 2.75) is 31.9 Å². The van der Waals surface area contributed by atoms with Gasteiger partial charge in [0, 0.05) is 19.1 Å². The number of ether oxygens (including phenoxy) is 2. The Kier molecular flexibility index (Phi) is 5.70. The highest BCUT2D eigenvalue weighted by molar-refractivity contribution is 5.74. The van der Waals surface area contributed by atoms with Gasteiger partial charge in [-0.3, -0.25) is 4.90 Å². The maximum atomic E-state index is 13.1. The van der Waals surface area contributed by atoms with Crippen LogP contribution in [0.2, 0.25) is 0 Å². The molecule has 0 N–H and O–H groups in total. The van der Waals surface area contributed by atoms with Gasteiger partial charge in [0.1, 0.15) is 5.82 Å². The van der Waals surface area contributed by atoms with Gasteiger partial charge in [0.25, 0.3) is 0 Å². The average Bonchev–Trinajstić information content (AvgIpc) is 2.52. The Balaban J connectivity index is 1.85. The first-order valence-corrected chi connectivity index (χ1v) is 7.28. The lowest BCUT2D eigenvalue weighted by Gasteiger charge is -2.35. The number of aryl methyl sites for hydroxylation is 1. The number of carbonyl (C=O) groups excluding carboxylic acids is 1. The quantitative estimate of drug-likeness (QED) is 0.779. The lowest BCUT2D eigenvalue weighted by molar-refractivity contribution is -0.160. The van der Waals surface area contributed by atoms with Crippen LogP contribution in [0.4, 0.5) is 4.39 Å². The third-order valence-electron chi connectivity index (χ3n) is 3.93. The van der Waals surface area contributed by atoms with Crippen LogP contribution in [0, 0.1) is 5.82 Å². The minimum Gasteiger partial charge on any atom is -0.467 e. The molecule has 1 aliphatic rings. The Bertz CT molecular complexity index is 480. The Morgan fingerprint density at radius 1 is 1.57 bits per heavy atom. The predicted molar refractivity (Wildman–Crippen MR) is 77.5 cm³/mol. The minimum atomic E-state index is -0.500. The largest absolute Gasteiger partial charge is 0.467 e. The molecule has 116 valence electrons. The van der Waals surface area contributed by atoms with Gasteiger partial charge >= 0.3 is 5.97 Å². The third kappa shape index (κ3) is 4.51. The number of hydrogen-bond donors (Lipinski definition) is 0. The Hall–Kier alpha value is -1.46. The van der Waals surface area contributed by atoms with Crippen molar-refractivity contribution >= 4 is 5.97 Å². The maximum absolute atomic E-state index is 13.1. The molecule has 1 fully saturated rings. The Morgan fingerprint density at radius 2 is 2.38 bits per heavy atom. The lowest BCUT2D eigenvalue weighted by Crippen LogP contribution is -2.49. The molecule has 0 saturated carbocycles. The summed E-state index contributed by atoms with van der Waals surface area (Å²) >= 11 is 0. The average molecular weight is 295 g/mol. The van der Waals surface area contributed by atoms with E-state index in [1.807, 2.05) is 6.07 Å². The van der Waals surface area contributed by atoms with Crippen molar-refractivity contribution in [2.75, 3.05) is 26.8 Å². The van der Waals surface area contributed by atoms with Gasteiger partial charge in [-0.1, -0.05) is 12.1 Å². The summed E-state index contributed by atoms with van der Waals surface area (Å²) in [6, 6.07) is 7.01. The van der Waals surface area contributed by atoms with Crippen LogP contribution in [0.1, 0.15) is 18.9 Å². The smallest absolute Gasteiger partial charge is 0.336 e. The maximum Gasteiger partial charge on any atom is 0.336 e. The summed E-state index contributed by atoms with van der Waals surface area (Å²) in [6.45, 7) is 4.01. The lowest BCUT2D eigenvalue weighted by atomic mass is 10.0. The fourth-order valence-corrected chi connectivity index (χ4v) is 2.59. The molecule has 0 aromatic heterocycles. The van der Waals surface area contributed by atoms with E-state index in [1.165, 1.54) is 13.2 Å². The highest BCUT2D eigenvalue weighted by Crippen LogP contribution is 2.15. The molecule has 1 aliphatic heterocycles. The van der Waals surface area contributed by atoms with Gasteiger partial charge in [0.05, 0.1) is 13.7 Å². The number of esters is 1. The highest BCUT2D eigenvalue weighted by Gasteiger charge is 2.29. The first-order chi connectivity index (χ1) is 10.1. The molecular formula is C16H22FNO3. The second-order valence-electron chi connectivity index (χ2n) is 5.40. The molecule has 1 saturated heterocycles. The van der Waals surface area contributed by atoms with Gasteiger partial charge in [0.2, 0.25) is 0 Å². The summed E-state index contributed by atoms with van der Waals surface area (Å²) in [4.78, 5) is 13.8. The zero-order valence-electron chi connectivity index (χ0n) is 12.5. The summed E-state index contributed by atoms with van der Waals surface area (Å²) in [5.74, 6) is -0.519. The van der Waals surface area contributed by atoms with E-state index in [2.05, 4.69) is 11.8 Å². The number of rotatable bonds is 5. The van der Waals surface area contributed by atoms with Crippen molar-refractivity contribution in [2.24, 2.45) is 0 Å². The molecule has 0 amide bonds. The molecule has 0 aliphatic carbocycles. The van der Waals surface area contributed by atoms with E-state index < -0.39 is 6.10 Å². The normalized spacial score (nSPS) is 21.0. The molecule has 0 spiro atoms. The summed E-state index contributed by atoms with van der Waals surface area (Å²) in [7, 11) is 1.37. The van der Waals surface area contributed by atoms with Gasteiger partial charge in [-0.2, -0.15) is 0 Å². The number of benzene rings is 1. The van der Waals surface area contributed by atoms with E-state index in [4.69, 9.17) is 9.47 Å². The zero-order chi connectivity index (χ0) is 15.2. The van der Waals surface area contributed by atoms with Crippen LogP contribution >= 0.6 is 0 Å². The first kappa shape index (κ1) is 15.9. The molecule has 21 heavy (non-hydrogen) atoms. The molecule has 5 heteroatoms. The number of halogens is 1. The summed E-state index contributed by atoms with van der Waals surface area (Å²) in [6.07, 6.45) is 1.23. The molecule has 4 nitrogen and oxygen atoms in total. The van der Waals surface area contributed by atoms with Crippen LogP contribution in [-0.4, -0.2) is 49.8 Å². The second kappa shape index (κ2) is 7.52. The van der Waals surface area contributed by atoms with Crippen LogP contribution in [0.25, 0.3) is 0 Å². The summed E-state index contributed by atoms with van der Waals surface area (Å²) in [5, 5.41) is 0. The van der Waals surface area contributed by atoms with Crippen molar-refractivity contribution < 1.29 is 18.7 Å². The first-order valence-electron chi connectivity index (χ1n) is 7.28. The van der Waals surface area contributed by atoms with Crippen molar-refractivity contribution in [3.63, 3.8) is 0 Å². The van der Waals surface area contributed by atoms with E-state index in [0.717, 1.165) is 24.9 Å². The van der Waals surface area contributed by atoms with Crippen LogP contribution < -0.4 is 0 Å². The Labute approximate surface area is 124 Å². The highest BCUT2D eigenvalue weighted by atomic mass is 19.1. The van der Waals surface area contributed by atoms with Crippen molar-refractivity contribution in [3.05, 3.63) is 35.6 Å². The van der Waals surface area contributed by atoms with E-state index in [0.29, 0.717) is 19.2 Å². The fourth-order valence-electron chi connectivity index (χ4n) is 2.59. The number of morpholine rings is 1. The molecular weight excluding hydrogens is 273 g/mol. The number of hydrogen-bond acceptors (Lipinski definition) is 4. The van der Waals surface area contributed by atoms with E-state index >= 15 is 0 Å². The predicted octanol–water partition coefficient (Wildman–Crippen LogP) is 2.02. The van der Waals surface area contributed by atoms with Gasteiger partial charge in [-0.05, 0) is 37.5 Å². The molecule has 2 rings (SSSR count). The topological polar surface area (TPSA) is 38.8 Å². The van der Waals surface area contributed by atoms with Gasteiger partial charge in [-0.25, -0.2) is 9.18 Å². The number of methoxy groups -OCH3 is 1. The second-order valence-corrected chi connectivity index (χ2v) is 5.40. The zero-order valence-corrected chi connectivity index (χ0v) is 12.5.